The lowest BCUT2D eigenvalue weighted by atomic mass is 10.1. The lowest BCUT2D eigenvalue weighted by Gasteiger charge is -2.12. The highest BCUT2D eigenvalue weighted by Gasteiger charge is 2.08. The van der Waals surface area contributed by atoms with Crippen molar-refractivity contribution in [2.24, 2.45) is 0 Å². The molecule has 0 aliphatic carbocycles. The third kappa shape index (κ3) is 4.47. The monoisotopic (exact) mass is 302 g/mol. The highest BCUT2D eigenvalue weighted by molar-refractivity contribution is 6.31. The van der Waals surface area contributed by atoms with Crippen molar-refractivity contribution in [3.63, 3.8) is 0 Å². The molecule has 0 radical (unpaired) electrons. The molecule has 0 bridgehead atoms. The van der Waals surface area contributed by atoms with E-state index in [0.29, 0.717) is 10.6 Å². The minimum atomic E-state index is 0.290. The van der Waals surface area contributed by atoms with Crippen LogP contribution in [0, 0.1) is 13.8 Å². The Morgan fingerprint density at radius 2 is 1.90 bits per heavy atom. The van der Waals surface area contributed by atoms with Gasteiger partial charge in [-0.3, -0.25) is 4.79 Å². The lowest BCUT2D eigenvalue weighted by Crippen LogP contribution is -2.02. The van der Waals surface area contributed by atoms with E-state index >= 15 is 0 Å². The van der Waals surface area contributed by atoms with Crippen LogP contribution < -0.4 is 4.74 Å². The second kappa shape index (κ2) is 8.28. The van der Waals surface area contributed by atoms with Gasteiger partial charge in [-0.2, -0.15) is 0 Å². The Morgan fingerprint density at radius 1 is 1.19 bits per heavy atom. The van der Waals surface area contributed by atoms with Gasteiger partial charge in [-0.15, -0.1) is 13.2 Å². The number of aryl methyl sites for hydroxylation is 2. The zero-order chi connectivity index (χ0) is 15.8. The van der Waals surface area contributed by atoms with Crippen molar-refractivity contribution >= 4 is 17.9 Å². The van der Waals surface area contributed by atoms with Gasteiger partial charge in [-0.05, 0) is 37.1 Å². The fraction of sp³-hybridized carbons (Fsp3) is 0.167. The molecule has 2 rings (SSSR count). The predicted octanol–water partition coefficient (Wildman–Crippen LogP) is 5.15. The second-order valence-electron chi connectivity index (χ2n) is 4.48. The fourth-order valence-electron chi connectivity index (χ4n) is 1.85. The number of rotatable bonds is 4. The van der Waals surface area contributed by atoms with Crippen molar-refractivity contribution in [3.8, 4) is 5.75 Å². The zero-order valence-electron chi connectivity index (χ0n) is 12.4. The van der Waals surface area contributed by atoms with E-state index < -0.39 is 0 Å². The molecule has 0 N–H and O–H groups in total. The molecule has 0 saturated carbocycles. The van der Waals surface area contributed by atoms with Crippen LogP contribution in [0.2, 0.25) is 5.02 Å². The van der Waals surface area contributed by atoms with Gasteiger partial charge in [0.05, 0.1) is 0 Å². The van der Waals surface area contributed by atoms with Crippen molar-refractivity contribution < 1.29 is 9.53 Å². The van der Waals surface area contributed by atoms with E-state index in [1.54, 1.807) is 18.2 Å². The van der Waals surface area contributed by atoms with Crippen LogP contribution >= 0.6 is 11.6 Å². The Labute approximate surface area is 131 Å². The van der Waals surface area contributed by atoms with E-state index in [2.05, 4.69) is 13.2 Å². The summed E-state index contributed by atoms with van der Waals surface area (Å²) < 4.78 is 5.78. The van der Waals surface area contributed by atoms with Gasteiger partial charge in [-0.1, -0.05) is 35.9 Å². The first-order chi connectivity index (χ1) is 10.1. The summed E-state index contributed by atoms with van der Waals surface area (Å²) in [6.45, 7) is 10.3. The summed E-state index contributed by atoms with van der Waals surface area (Å²) in [4.78, 5) is 11.0. The van der Waals surface area contributed by atoms with Crippen molar-refractivity contribution in [1.82, 2.24) is 0 Å². The number of hydrogen-bond donors (Lipinski definition) is 0. The first-order valence-corrected chi connectivity index (χ1v) is 6.92. The van der Waals surface area contributed by atoms with Crippen LogP contribution in [0.3, 0.4) is 0 Å². The molecule has 0 aromatic heterocycles. The number of aldehydes is 1. The van der Waals surface area contributed by atoms with Crippen LogP contribution in [0.25, 0.3) is 0 Å². The van der Waals surface area contributed by atoms with Crippen LogP contribution in [0.5, 0.6) is 5.75 Å². The standard InChI is InChI=1S/C16H15ClO2.C2H4/c1-11-6-7-12(2)16(8-11)19-10-14-13(9-18)4-3-5-15(14)17;1-2/h3-9H,10H2,1-2H3;1-2H2. The maximum absolute atomic E-state index is 11.0. The van der Waals surface area contributed by atoms with Crippen LogP contribution in [0.1, 0.15) is 27.0 Å². The predicted molar refractivity (Wildman–Crippen MR) is 88.3 cm³/mol. The van der Waals surface area contributed by atoms with E-state index in [1.165, 1.54) is 0 Å². The van der Waals surface area contributed by atoms with Crippen molar-refractivity contribution in [3.05, 3.63) is 76.8 Å². The number of ether oxygens (including phenoxy) is 1. The molecule has 0 unspecified atom stereocenters. The average molecular weight is 303 g/mol. The van der Waals surface area contributed by atoms with Gasteiger partial charge in [0.25, 0.3) is 0 Å². The van der Waals surface area contributed by atoms with E-state index in [0.717, 1.165) is 28.7 Å². The van der Waals surface area contributed by atoms with Crippen molar-refractivity contribution in [2.75, 3.05) is 0 Å². The number of benzene rings is 2. The molecule has 0 aliphatic rings. The van der Waals surface area contributed by atoms with Gasteiger partial charge in [0.2, 0.25) is 0 Å². The lowest BCUT2D eigenvalue weighted by molar-refractivity contribution is 0.112. The summed E-state index contributed by atoms with van der Waals surface area (Å²) in [5.74, 6) is 0.816. The molecule has 21 heavy (non-hydrogen) atoms. The number of halogens is 1. The van der Waals surface area contributed by atoms with Gasteiger partial charge in [-0.25, -0.2) is 0 Å². The summed E-state index contributed by atoms with van der Waals surface area (Å²) in [5.41, 5.74) is 3.48. The highest BCUT2D eigenvalue weighted by atomic mass is 35.5. The largest absolute Gasteiger partial charge is 0.489 e. The van der Waals surface area contributed by atoms with Crippen LogP contribution in [0.15, 0.2) is 49.6 Å². The fourth-order valence-corrected chi connectivity index (χ4v) is 2.09. The first kappa shape index (κ1) is 17.0. The minimum Gasteiger partial charge on any atom is -0.489 e. The van der Waals surface area contributed by atoms with Gasteiger partial charge >= 0.3 is 0 Å². The Balaban J connectivity index is 0.00000106. The van der Waals surface area contributed by atoms with Gasteiger partial charge < -0.3 is 4.74 Å². The molecule has 2 aromatic rings. The second-order valence-corrected chi connectivity index (χ2v) is 4.89. The summed E-state index contributed by atoms with van der Waals surface area (Å²) in [6, 6.07) is 11.3. The number of carbonyl (C=O) groups excluding carboxylic acids is 1. The number of carbonyl (C=O) groups is 1. The molecule has 0 aliphatic heterocycles. The van der Waals surface area contributed by atoms with Crippen LogP contribution in [-0.2, 0) is 6.61 Å². The normalized spacial score (nSPS) is 9.48. The van der Waals surface area contributed by atoms with E-state index in [-0.39, 0.29) is 6.61 Å². The molecule has 0 atom stereocenters. The molecule has 110 valence electrons. The third-order valence-electron chi connectivity index (χ3n) is 3.00. The van der Waals surface area contributed by atoms with Gasteiger partial charge in [0.15, 0.2) is 6.29 Å². The molecule has 0 fully saturated rings. The van der Waals surface area contributed by atoms with Crippen LogP contribution in [0.4, 0.5) is 0 Å². The zero-order valence-corrected chi connectivity index (χ0v) is 13.1. The third-order valence-corrected chi connectivity index (χ3v) is 3.35. The van der Waals surface area contributed by atoms with Gasteiger partial charge in [0.1, 0.15) is 12.4 Å². The molecule has 0 spiro atoms. The maximum atomic E-state index is 11.0. The Kier molecular flexibility index (Phi) is 6.70. The minimum absolute atomic E-state index is 0.290. The van der Waals surface area contributed by atoms with Gasteiger partial charge in [0, 0.05) is 16.1 Å². The van der Waals surface area contributed by atoms with Crippen LogP contribution in [-0.4, -0.2) is 6.29 Å². The topological polar surface area (TPSA) is 26.3 Å². The smallest absolute Gasteiger partial charge is 0.150 e. The summed E-state index contributed by atoms with van der Waals surface area (Å²) in [6.07, 6.45) is 0.799. The maximum Gasteiger partial charge on any atom is 0.150 e. The average Bonchev–Trinajstić information content (AvgIpc) is 2.51. The highest BCUT2D eigenvalue weighted by Crippen LogP contribution is 2.24. The summed E-state index contributed by atoms with van der Waals surface area (Å²) in [5, 5.41) is 0.551. The summed E-state index contributed by atoms with van der Waals surface area (Å²) in [7, 11) is 0. The Morgan fingerprint density at radius 3 is 2.57 bits per heavy atom. The van der Waals surface area contributed by atoms with Crippen molar-refractivity contribution in [2.45, 2.75) is 20.5 Å². The number of hydrogen-bond acceptors (Lipinski definition) is 2. The molecule has 0 saturated heterocycles. The Hall–Kier alpha value is -2.06. The molecular weight excluding hydrogens is 284 g/mol. The molecule has 2 aromatic carbocycles. The molecule has 3 heteroatoms. The van der Waals surface area contributed by atoms with E-state index in [1.807, 2.05) is 32.0 Å². The SMILES string of the molecule is C=C.Cc1ccc(C)c(OCc2c(Cl)cccc2C=O)c1. The van der Waals surface area contributed by atoms with E-state index in [9.17, 15) is 4.79 Å². The molecular formula is C18H19ClO2. The molecule has 0 amide bonds. The quantitative estimate of drug-likeness (QED) is 0.576. The van der Waals surface area contributed by atoms with E-state index in [4.69, 9.17) is 16.3 Å². The first-order valence-electron chi connectivity index (χ1n) is 6.54. The molecule has 0 heterocycles. The summed E-state index contributed by atoms with van der Waals surface area (Å²) >= 11 is 6.11. The Bertz CT molecular complexity index is 621. The van der Waals surface area contributed by atoms with Crippen molar-refractivity contribution in [1.29, 1.82) is 0 Å². The molecule has 2 nitrogen and oxygen atoms in total.